The van der Waals surface area contributed by atoms with Crippen LogP contribution in [0, 0.1) is 0 Å². The van der Waals surface area contributed by atoms with E-state index in [-0.39, 0.29) is 11.9 Å². The van der Waals surface area contributed by atoms with Crippen molar-refractivity contribution in [2.45, 2.75) is 57.8 Å². The fourth-order valence-corrected chi connectivity index (χ4v) is 2.89. The summed E-state index contributed by atoms with van der Waals surface area (Å²) < 4.78 is 0. The first-order valence-electron chi connectivity index (χ1n) is 7.56. The first-order chi connectivity index (χ1) is 10.0. The van der Waals surface area contributed by atoms with Crippen molar-refractivity contribution >= 4 is 5.91 Å². The second-order valence-electron chi connectivity index (χ2n) is 5.61. The lowest BCUT2D eigenvalue weighted by Crippen LogP contribution is -2.48. The van der Waals surface area contributed by atoms with Gasteiger partial charge < -0.3 is 15.3 Å². The number of aliphatic hydroxyl groups is 1. The summed E-state index contributed by atoms with van der Waals surface area (Å²) in [6, 6.07) is 1.39. The van der Waals surface area contributed by atoms with Crippen LogP contribution in [0.1, 0.15) is 45.5 Å². The van der Waals surface area contributed by atoms with Crippen LogP contribution in [0.4, 0.5) is 0 Å². The topological polar surface area (TPSA) is 78.4 Å². The summed E-state index contributed by atoms with van der Waals surface area (Å²) in [6.07, 6.45) is 4.36. The number of nitrogens with zero attached hydrogens (tertiary/aromatic N) is 3. The van der Waals surface area contributed by atoms with Gasteiger partial charge in [-0.25, -0.2) is 9.97 Å². The predicted molar refractivity (Wildman–Crippen MR) is 79.5 cm³/mol. The highest BCUT2D eigenvalue weighted by atomic mass is 16.3. The van der Waals surface area contributed by atoms with Crippen LogP contribution in [0.3, 0.4) is 0 Å². The first-order valence-corrected chi connectivity index (χ1v) is 7.56. The molecular formula is C15H24N4O2. The third-order valence-corrected chi connectivity index (χ3v) is 3.94. The van der Waals surface area contributed by atoms with Crippen molar-refractivity contribution in [3.8, 4) is 0 Å². The standard InChI is InChI=1S/C15H24N4O2/c1-4-19(15(21)12-7-6-10(2)18-12)13(11(3)20)14-16-8-5-9-17-14/h5,8-13,18,20H,4,6-7H2,1-3H3. The maximum atomic E-state index is 12.7. The van der Waals surface area contributed by atoms with Crippen LogP contribution in [0.25, 0.3) is 0 Å². The molecule has 6 nitrogen and oxygen atoms in total. The van der Waals surface area contributed by atoms with Gasteiger partial charge in [-0.2, -0.15) is 0 Å². The van der Waals surface area contributed by atoms with Crippen molar-refractivity contribution < 1.29 is 9.90 Å². The lowest BCUT2D eigenvalue weighted by atomic mass is 10.1. The number of hydrogen-bond donors (Lipinski definition) is 2. The Bertz CT molecular complexity index is 466. The molecule has 1 aromatic rings. The minimum Gasteiger partial charge on any atom is -0.391 e. The molecule has 4 unspecified atom stereocenters. The monoisotopic (exact) mass is 292 g/mol. The number of nitrogens with one attached hydrogen (secondary N) is 1. The lowest BCUT2D eigenvalue weighted by molar-refractivity contribution is -0.138. The number of aromatic nitrogens is 2. The van der Waals surface area contributed by atoms with Crippen LogP contribution in [0.5, 0.6) is 0 Å². The lowest BCUT2D eigenvalue weighted by Gasteiger charge is -2.33. The minimum atomic E-state index is -0.727. The molecular weight excluding hydrogens is 268 g/mol. The number of likely N-dealkylation sites (N-methyl/N-ethyl adjacent to an activating group) is 1. The Morgan fingerprint density at radius 1 is 1.48 bits per heavy atom. The summed E-state index contributed by atoms with van der Waals surface area (Å²) in [4.78, 5) is 22.8. The Hall–Kier alpha value is -1.53. The van der Waals surface area contributed by atoms with Gasteiger partial charge >= 0.3 is 0 Å². The Morgan fingerprint density at radius 2 is 2.14 bits per heavy atom. The molecule has 0 aromatic carbocycles. The molecule has 2 rings (SSSR count). The van der Waals surface area contributed by atoms with Gasteiger partial charge in [-0.3, -0.25) is 4.79 Å². The van der Waals surface area contributed by atoms with Crippen molar-refractivity contribution in [2.24, 2.45) is 0 Å². The van der Waals surface area contributed by atoms with E-state index in [9.17, 15) is 9.90 Å². The van der Waals surface area contributed by atoms with E-state index >= 15 is 0 Å². The second kappa shape index (κ2) is 6.95. The molecule has 116 valence electrons. The highest BCUT2D eigenvalue weighted by Crippen LogP contribution is 2.24. The van der Waals surface area contributed by atoms with Crippen LogP contribution < -0.4 is 5.32 Å². The number of rotatable bonds is 5. The van der Waals surface area contributed by atoms with Gasteiger partial charge in [0.2, 0.25) is 5.91 Å². The molecule has 4 atom stereocenters. The summed E-state index contributed by atoms with van der Waals surface area (Å²) >= 11 is 0. The Balaban J connectivity index is 2.22. The zero-order valence-corrected chi connectivity index (χ0v) is 12.9. The van der Waals surface area contributed by atoms with Crippen LogP contribution in [-0.2, 0) is 4.79 Å². The van der Waals surface area contributed by atoms with Crippen molar-refractivity contribution in [1.82, 2.24) is 20.2 Å². The van der Waals surface area contributed by atoms with Gasteiger partial charge in [0.15, 0.2) is 5.82 Å². The third kappa shape index (κ3) is 3.57. The molecule has 2 N–H and O–H groups in total. The number of carbonyl (C=O) groups is 1. The van der Waals surface area contributed by atoms with Crippen molar-refractivity contribution in [3.63, 3.8) is 0 Å². The molecule has 1 amide bonds. The highest BCUT2D eigenvalue weighted by molar-refractivity contribution is 5.82. The fraction of sp³-hybridized carbons (Fsp3) is 0.667. The summed E-state index contributed by atoms with van der Waals surface area (Å²) in [5.41, 5.74) is 0. The summed E-state index contributed by atoms with van der Waals surface area (Å²) in [5, 5.41) is 13.4. The van der Waals surface area contributed by atoms with Gasteiger partial charge in [0.05, 0.1) is 12.1 Å². The maximum Gasteiger partial charge on any atom is 0.240 e. The molecule has 0 spiro atoms. The molecule has 1 aromatic heterocycles. The molecule has 2 heterocycles. The minimum absolute atomic E-state index is 0.0141. The molecule has 0 aliphatic carbocycles. The van der Waals surface area contributed by atoms with E-state index in [1.165, 1.54) is 0 Å². The van der Waals surface area contributed by atoms with E-state index in [1.54, 1.807) is 30.3 Å². The fourth-order valence-electron chi connectivity index (χ4n) is 2.89. The van der Waals surface area contributed by atoms with Gasteiger partial charge in [-0.1, -0.05) is 0 Å². The Morgan fingerprint density at radius 3 is 2.62 bits per heavy atom. The first kappa shape index (κ1) is 15.9. The molecule has 1 aliphatic rings. The van der Waals surface area contributed by atoms with E-state index in [0.29, 0.717) is 18.4 Å². The summed E-state index contributed by atoms with van der Waals surface area (Å²) in [7, 11) is 0. The van der Waals surface area contributed by atoms with Crippen LogP contribution >= 0.6 is 0 Å². The van der Waals surface area contributed by atoms with E-state index in [2.05, 4.69) is 22.2 Å². The molecule has 1 fully saturated rings. The average Bonchev–Trinajstić information content (AvgIpc) is 2.91. The van der Waals surface area contributed by atoms with E-state index in [4.69, 9.17) is 0 Å². The zero-order chi connectivity index (χ0) is 15.4. The van der Waals surface area contributed by atoms with Crippen LogP contribution in [-0.4, -0.2) is 50.6 Å². The molecule has 0 saturated carbocycles. The summed E-state index contributed by atoms with van der Waals surface area (Å²) in [6.45, 7) is 6.17. The zero-order valence-electron chi connectivity index (χ0n) is 12.9. The van der Waals surface area contributed by atoms with Gasteiger partial charge in [-0.15, -0.1) is 0 Å². The number of carbonyl (C=O) groups excluding carboxylic acids is 1. The highest BCUT2D eigenvalue weighted by Gasteiger charge is 2.36. The van der Waals surface area contributed by atoms with E-state index in [0.717, 1.165) is 12.8 Å². The SMILES string of the molecule is CCN(C(=O)C1CCC(C)N1)C(c1ncccn1)C(C)O. The van der Waals surface area contributed by atoms with Gasteiger partial charge in [-0.05, 0) is 39.7 Å². The Labute approximate surface area is 125 Å². The normalized spacial score (nSPS) is 24.6. The maximum absolute atomic E-state index is 12.7. The largest absolute Gasteiger partial charge is 0.391 e. The quantitative estimate of drug-likeness (QED) is 0.842. The molecule has 21 heavy (non-hydrogen) atoms. The Kier molecular flexibility index (Phi) is 5.25. The molecule has 1 aliphatic heterocycles. The van der Waals surface area contributed by atoms with Crippen molar-refractivity contribution in [1.29, 1.82) is 0 Å². The second-order valence-corrected chi connectivity index (χ2v) is 5.61. The number of amides is 1. The van der Waals surface area contributed by atoms with Crippen LogP contribution in [0.2, 0.25) is 0 Å². The van der Waals surface area contributed by atoms with Crippen molar-refractivity contribution in [3.05, 3.63) is 24.3 Å². The van der Waals surface area contributed by atoms with Gasteiger partial charge in [0, 0.05) is 25.0 Å². The molecule has 6 heteroatoms. The average molecular weight is 292 g/mol. The van der Waals surface area contributed by atoms with Crippen molar-refractivity contribution in [2.75, 3.05) is 6.54 Å². The summed E-state index contributed by atoms with van der Waals surface area (Å²) in [5.74, 6) is 0.494. The smallest absolute Gasteiger partial charge is 0.240 e. The van der Waals surface area contributed by atoms with Gasteiger partial charge in [0.25, 0.3) is 0 Å². The number of aliphatic hydroxyl groups excluding tert-OH is 1. The molecule has 0 radical (unpaired) electrons. The third-order valence-electron chi connectivity index (χ3n) is 3.94. The van der Waals surface area contributed by atoms with Crippen LogP contribution in [0.15, 0.2) is 18.5 Å². The molecule has 1 saturated heterocycles. The van der Waals surface area contributed by atoms with E-state index in [1.807, 2.05) is 6.92 Å². The predicted octanol–water partition coefficient (Wildman–Crippen LogP) is 0.887. The molecule has 0 bridgehead atoms. The number of hydrogen-bond acceptors (Lipinski definition) is 5. The van der Waals surface area contributed by atoms with Gasteiger partial charge in [0.1, 0.15) is 6.04 Å². The van der Waals surface area contributed by atoms with E-state index < -0.39 is 12.1 Å².